The van der Waals surface area contributed by atoms with E-state index >= 15 is 0 Å². The Hall–Kier alpha value is -1.94. The maximum Gasteiger partial charge on any atom is 0.472 e. The van der Waals surface area contributed by atoms with E-state index in [4.69, 9.17) is 37.0 Å². The fourth-order valence-electron chi connectivity index (χ4n) is 11.5. The highest BCUT2D eigenvalue weighted by Crippen LogP contribution is 2.45. The third-order valence-corrected chi connectivity index (χ3v) is 20.2. The molecule has 0 aromatic carbocycles. The third-order valence-electron chi connectivity index (χ3n) is 18.3. The number of esters is 4. The zero-order valence-electron chi connectivity index (χ0n) is 62.3. The molecule has 0 amide bonds. The normalized spacial score (nSPS) is 14.7. The molecule has 4 unspecified atom stereocenters. The number of carbonyl (C=O) groups excluding carboxylic acids is 4. The first-order chi connectivity index (χ1) is 45.7. The van der Waals surface area contributed by atoms with Crippen LogP contribution in [-0.2, 0) is 65.4 Å². The molecule has 0 heterocycles. The van der Waals surface area contributed by atoms with Crippen molar-refractivity contribution in [3.05, 3.63) is 0 Å². The van der Waals surface area contributed by atoms with Crippen LogP contribution >= 0.6 is 15.6 Å². The molecule has 0 aliphatic carbocycles. The number of phosphoric acid groups is 2. The van der Waals surface area contributed by atoms with Gasteiger partial charge in [-0.1, -0.05) is 331 Å². The van der Waals surface area contributed by atoms with E-state index in [0.29, 0.717) is 31.6 Å². The molecule has 0 radical (unpaired) electrons. The summed E-state index contributed by atoms with van der Waals surface area (Å²) in [7, 11) is -9.91. The fraction of sp³-hybridized carbons (Fsp3) is 0.947. The first-order valence-corrected chi connectivity index (χ1v) is 42.3. The van der Waals surface area contributed by atoms with Crippen LogP contribution in [0.15, 0.2) is 0 Å². The smallest absolute Gasteiger partial charge is 0.462 e. The third kappa shape index (κ3) is 67.6. The summed E-state index contributed by atoms with van der Waals surface area (Å²) in [4.78, 5) is 72.7. The van der Waals surface area contributed by atoms with Gasteiger partial charge in [0.1, 0.15) is 19.3 Å². The van der Waals surface area contributed by atoms with Gasteiger partial charge in [0.05, 0.1) is 26.4 Å². The summed E-state index contributed by atoms with van der Waals surface area (Å²) >= 11 is 0. The van der Waals surface area contributed by atoms with Crippen LogP contribution in [0.5, 0.6) is 0 Å². The van der Waals surface area contributed by atoms with Crippen LogP contribution in [-0.4, -0.2) is 96.7 Å². The van der Waals surface area contributed by atoms with Crippen molar-refractivity contribution in [2.75, 3.05) is 39.6 Å². The lowest BCUT2D eigenvalue weighted by molar-refractivity contribution is -0.161. The van der Waals surface area contributed by atoms with E-state index in [1.807, 2.05) is 0 Å². The SMILES string of the molecule is CCC(C)CCCCCCCCCCCCCCCCCCCCC(=O)O[C@H](COC(=O)CCCCCCCCCCCCCC(C)C)COP(=O)(O)OC[C@@H](O)COP(=O)(O)OC[C@@H](COC(=O)CCCCCCCCC(C)CC)OC(=O)CCCCCCCCC(C)C. The monoisotopic (exact) mass is 1400 g/mol. The number of rotatable bonds is 73. The van der Waals surface area contributed by atoms with E-state index in [1.165, 1.54) is 180 Å². The number of hydrogen-bond acceptors (Lipinski definition) is 15. The van der Waals surface area contributed by atoms with Gasteiger partial charge in [-0.3, -0.25) is 37.3 Å². The van der Waals surface area contributed by atoms with Crippen molar-refractivity contribution >= 4 is 39.5 Å². The van der Waals surface area contributed by atoms with Gasteiger partial charge < -0.3 is 33.8 Å². The lowest BCUT2D eigenvalue weighted by Gasteiger charge is -2.21. The second-order valence-corrected chi connectivity index (χ2v) is 31.7. The summed E-state index contributed by atoms with van der Waals surface area (Å²) < 4.78 is 68.4. The summed E-state index contributed by atoms with van der Waals surface area (Å²) in [6.07, 6.45) is 50.3. The number of phosphoric ester groups is 2. The van der Waals surface area contributed by atoms with E-state index in [9.17, 15) is 43.2 Å². The molecule has 0 aromatic heterocycles. The molecule has 0 aliphatic rings. The highest BCUT2D eigenvalue weighted by molar-refractivity contribution is 7.47. The molecule has 7 atom stereocenters. The molecule has 95 heavy (non-hydrogen) atoms. The van der Waals surface area contributed by atoms with Gasteiger partial charge in [0.25, 0.3) is 0 Å². The highest BCUT2D eigenvalue weighted by Gasteiger charge is 2.30. The largest absolute Gasteiger partial charge is 0.472 e. The van der Waals surface area contributed by atoms with Gasteiger partial charge in [-0.25, -0.2) is 9.13 Å². The summed E-state index contributed by atoms with van der Waals surface area (Å²) in [6.45, 7) is 14.1. The van der Waals surface area contributed by atoms with E-state index < -0.39 is 97.5 Å². The molecule has 0 fully saturated rings. The molecule has 3 N–H and O–H groups in total. The Labute approximate surface area is 581 Å². The number of unbranched alkanes of at least 4 members (excludes halogenated alkanes) is 37. The zero-order chi connectivity index (χ0) is 70.3. The predicted molar refractivity (Wildman–Crippen MR) is 386 cm³/mol. The first kappa shape index (κ1) is 93.1. The quantitative estimate of drug-likeness (QED) is 0.0222. The average molecular weight is 1400 g/mol. The van der Waals surface area contributed by atoms with Crippen molar-refractivity contribution in [3.63, 3.8) is 0 Å². The maximum absolute atomic E-state index is 13.1. The molecular formula is C76H148O17P2. The summed E-state index contributed by atoms with van der Waals surface area (Å²) in [5.41, 5.74) is 0. The van der Waals surface area contributed by atoms with Crippen molar-refractivity contribution in [2.45, 2.75) is 401 Å². The van der Waals surface area contributed by atoms with E-state index in [2.05, 4.69) is 55.4 Å². The minimum absolute atomic E-state index is 0.101. The van der Waals surface area contributed by atoms with Crippen molar-refractivity contribution in [2.24, 2.45) is 23.7 Å². The highest BCUT2D eigenvalue weighted by atomic mass is 31.2. The molecule has 564 valence electrons. The number of hydrogen-bond donors (Lipinski definition) is 3. The number of ether oxygens (including phenoxy) is 4. The Morgan fingerprint density at radius 2 is 0.505 bits per heavy atom. The Morgan fingerprint density at radius 3 is 0.747 bits per heavy atom. The van der Waals surface area contributed by atoms with Gasteiger partial charge in [-0.2, -0.15) is 0 Å². The van der Waals surface area contributed by atoms with Crippen molar-refractivity contribution in [3.8, 4) is 0 Å². The van der Waals surface area contributed by atoms with E-state index in [1.54, 1.807) is 0 Å². The maximum atomic E-state index is 13.1. The molecule has 0 spiro atoms. The second kappa shape index (κ2) is 65.4. The second-order valence-electron chi connectivity index (χ2n) is 28.8. The minimum atomic E-state index is -4.96. The van der Waals surface area contributed by atoms with E-state index in [0.717, 1.165) is 114 Å². The number of aliphatic hydroxyl groups is 1. The van der Waals surface area contributed by atoms with Crippen LogP contribution < -0.4 is 0 Å². The first-order valence-electron chi connectivity index (χ1n) is 39.3. The van der Waals surface area contributed by atoms with Crippen LogP contribution in [0.4, 0.5) is 0 Å². The van der Waals surface area contributed by atoms with Crippen molar-refractivity contribution in [1.82, 2.24) is 0 Å². The lowest BCUT2D eigenvalue weighted by atomic mass is 9.99. The lowest BCUT2D eigenvalue weighted by Crippen LogP contribution is -2.30. The van der Waals surface area contributed by atoms with Crippen LogP contribution in [0.3, 0.4) is 0 Å². The van der Waals surface area contributed by atoms with Gasteiger partial charge in [0.2, 0.25) is 0 Å². The number of carbonyl (C=O) groups is 4. The van der Waals surface area contributed by atoms with Crippen molar-refractivity contribution in [1.29, 1.82) is 0 Å². The Morgan fingerprint density at radius 1 is 0.295 bits per heavy atom. The molecule has 0 saturated carbocycles. The van der Waals surface area contributed by atoms with Crippen LogP contribution in [0.1, 0.15) is 383 Å². The summed E-state index contributed by atoms with van der Waals surface area (Å²) in [5, 5.41) is 10.6. The molecule has 0 saturated heterocycles. The molecular weight excluding hydrogens is 1250 g/mol. The van der Waals surface area contributed by atoms with Gasteiger partial charge in [-0.15, -0.1) is 0 Å². The van der Waals surface area contributed by atoms with Crippen molar-refractivity contribution < 1.29 is 80.2 Å². The zero-order valence-corrected chi connectivity index (χ0v) is 64.1. The number of aliphatic hydroxyl groups excluding tert-OH is 1. The minimum Gasteiger partial charge on any atom is -0.462 e. The van der Waals surface area contributed by atoms with Gasteiger partial charge in [-0.05, 0) is 49.4 Å². The van der Waals surface area contributed by atoms with Gasteiger partial charge in [0, 0.05) is 25.7 Å². The molecule has 19 heteroatoms. The summed E-state index contributed by atoms with van der Waals surface area (Å²) in [6, 6.07) is 0. The van der Waals surface area contributed by atoms with E-state index in [-0.39, 0.29) is 25.7 Å². The fourth-order valence-corrected chi connectivity index (χ4v) is 13.1. The summed E-state index contributed by atoms with van der Waals surface area (Å²) in [5.74, 6) is 0.915. The molecule has 0 rings (SSSR count). The van der Waals surface area contributed by atoms with Crippen LogP contribution in [0, 0.1) is 23.7 Å². The standard InChI is InChI=1S/C76H148O17P2/c1-9-68(7)54-46-38-29-25-21-17-15-13-11-12-14-16-18-22-27-31-42-50-58-75(80)92-71(62-86-73(78)56-48-40-30-26-23-19-20-24-28-36-44-52-66(3)4)64-90-94(82,83)88-60-70(77)61-89-95(84,85)91-65-72(93-76(81)59-51-43-34-32-37-45-53-67(5)6)63-87-74(79)57-49-41-35-33-39-47-55-69(8)10-2/h66-72,77H,9-65H2,1-8H3,(H,82,83)(H,84,85)/t68?,69?,70-,71-,72-/m1/s1. The topological polar surface area (TPSA) is 237 Å². The molecule has 0 aliphatic heterocycles. The molecule has 0 aromatic rings. The predicted octanol–water partition coefficient (Wildman–Crippen LogP) is 22.0. The average Bonchev–Trinajstić information content (AvgIpc) is 1.45. The molecule has 0 bridgehead atoms. The Balaban J connectivity index is 5.18. The van der Waals surface area contributed by atoms with Gasteiger partial charge >= 0.3 is 39.5 Å². The Kier molecular flexibility index (Phi) is 64.0. The van der Waals surface area contributed by atoms with Crippen LogP contribution in [0.2, 0.25) is 0 Å². The van der Waals surface area contributed by atoms with Crippen LogP contribution in [0.25, 0.3) is 0 Å². The molecule has 17 nitrogen and oxygen atoms in total. The Bertz CT molecular complexity index is 1870. The van der Waals surface area contributed by atoms with Gasteiger partial charge in [0.15, 0.2) is 12.2 Å².